The molecule has 0 unspecified atom stereocenters. The van der Waals surface area contributed by atoms with Crippen LogP contribution in [0.4, 0.5) is 11.4 Å². The summed E-state index contributed by atoms with van der Waals surface area (Å²) in [7, 11) is 1.60. The van der Waals surface area contributed by atoms with Crippen LogP contribution in [0.15, 0.2) is 18.2 Å². The van der Waals surface area contributed by atoms with E-state index in [0.717, 1.165) is 5.56 Å². The van der Waals surface area contributed by atoms with Crippen molar-refractivity contribution in [3.05, 3.63) is 33.9 Å². The van der Waals surface area contributed by atoms with Gasteiger partial charge in [-0.2, -0.15) is 0 Å². The Morgan fingerprint density at radius 3 is 2.62 bits per heavy atom. The van der Waals surface area contributed by atoms with Gasteiger partial charge in [0.05, 0.1) is 11.5 Å². The SMILES string of the molecule is COCC(C)(C)c1ccc(N)c([N+](=O)[O-])c1. The van der Waals surface area contributed by atoms with Gasteiger partial charge < -0.3 is 10.5 Å². The highest BCUT2D eigenvalue weighted by Crippen LogP contribution is 2.30. The summed E-state index contributed by atoms with van der Waals surface area (Å²) >= 11 is 0. The zero-order valence-electron chi connectivity index (χ0n) is 9.69. The second-order valence-corrected chi connectivity index (χ2v) is 4.35. The lowest BCUT2D eigenvalue weighted by Gasteiger charge is -2.24. The number of nitro benzene ring substituents is 1. The minimum absolute atomic E-state index is 0.0540. The summed E-state index contributed by atoms with van der Waals surface area (Å²) in [5, 5.41) is 10.8. The number of nitrogens with two attached hydrogens (primary N) is 1. The van der Waals surface area contributed by atoms with E-state index in [0.29, 0.717) is 6.61 Å². The fourth-order valence-electron chi connectivity index (χ4n) is 1.57. The monoisotopic (exact) mass is 224 g/mol. The van der Waals surface area contributed by atoms with E-state index < -0.39 is 4.92 Å². The van der Waals surface area contributed by atoms with E-state index in [1.165, 1.54) is 6.07 Å². The van der Waals surface area contributed by atoms with Gasteiger partial charge in [-0.15, -0.1) is 0 Å². The van der Waals surface area contributed by atoms with Crippen LogP contribution in [0.5, 0.6) is 0 Å². The highest BCUT2D eigenvalue weighted by Gasteiger charge is 2.23. The lowest BCUT2D eigenvalue weighted by molar-refractivity contribution is -0.384. The van der Waals surface area contributed by atoms with Crippen molar-refractivity contribution >= 4 is 11.4 Å². The number of ether oxygens (including phenoxy) is 1. The molecule has 16 heavy (non-hydrogen) atoms. The minimum Gasteiger partial charge on any atom is -0.393 e. The molecule has 0 spiro atoms. The standard InChI is InChI=1S/C11H16N2O3/c1-11(2,7-16-3)8-4-5-9(12)10(6-8)13(14)15/h4-6H,7,12H2,1-3H3. The predicted octanol–water partition coefficient (Wildman–Crippen LogP) is 2.10. The van der Waals surface area contributed by atoms with Gasteiger partial charge in [0.25, 0.3) is 5.69 Å². The molecule has 0 saturated carbocycles. The van der Waals surface area contributed by atoms with Gasteiger partial charge in [0, 0.05) is 18.6 Å². The molecule has 5 heteroatoms. The second kappa shape index (κ2) is 4.49. The second-order valence-electron chi connectivity index (χ2n) is 4.35. The Morgan fingerprint density at radius 2 is 2.12 bits per heavy atom. The molecule has 0 fully saturated rings. The van der Waals surface area contributed by atoms with Crippen molar-refractivity contribution in [2.45, 2.75) is 19.3 Å². The molecule has 1 rings (SSSR count). The Kier molecular flexibility index (Phi) is 3.49. The molecule has 0 aliphatic carbocycles. The molecule has 0 saturated heterocycles. The molecule has 2 N–H and O–H groups in total. The minimum atomic E-state index is -0.471. The molecule has 0 amide bonds. The van der Waals surface area contributed by atoms with Crippen LogP contribution in [-0.4, -0.2) is 18.6 Å². The molecule has 88 valence electrons. The van der Waals surface area contributed by atoms with E-state index in [4.69, 9.17) is 10.5 Å². The number of anilines is 1. The first-order chi connectivity index (χ1) is 7.38. The van der Waals surface area contributed by atoms with Crippen LogP contribution in [0.2, 0.25) is 0 Å². The van der Waals surface area contributed by atoms with E-state index in [2.05, 4.69) is 0 Å². The summed E-state index contributed by atoms with van der Waals surface area (Å²) in [5.41, 5.74) is 6.24. The molecular formula is C11H16N2O3. The Bertz CT molecular complexity index is 402. The number of nitrogen functional groups attached to an aromatic ring is 1. The quantitative estimate of drug-likeness (QED) is 0.482. The molecule has 5 nitrogen and oxygen atoms in total. The summed E-state index contributed by atoms with van der Waals surface area (Å²) in [6.07, 6.45) is 0. The third-order valence-electron chi connectivity index (χ3n) is 2.51. The first kappa shape index (κ1) is 12.4. The predicted molar refractivity (Wildman–Crippen MR) is 62.4 cm³/mol. The van der Waals surface area contributed by atoms with Gasteiger partial charge >= 0.3 is 0 Å². The summed E-state index contributed by atoms with van der Waals surface area (Å²) in [5.74, 6) is 0. The molecule has 0 heterocycles. The van der Waals surface area contributed by atoms with E-state index in [1.54, 1.807) is 19.2 Å². The highest BCUT2D eigenvalue weighted by molar-refractivity contribution is 5.59. The zero-order chi connectivity index (χ0) is 12.3. The fourth-order valence-corrected chi connectivity index (χ4v) is 1.57. The number of hydrogen-bond donors (Lipinski definition) is 1. The van der Waals surface area contributed by atoms with Gasteiger partial charge in [-0.1, -0.05) is 19.9 Å². The Morgan fingerprint density at radius 1 is 1.50 bits per heavy atom. The van der Waals surface area contributed by atoms with Crippen molar-refractivity contribution in [1.29, 1.82) is 0 Å². The molecule has 0 bridgehead atoms. The molecule has 1 aromatic rings. The van der Waals surface area contributed by atoms with Crippen LogP contribution < -0.4 is 5.73 Å². The van der Waals surface area contributed by atoms with Crippen LogP contribution in [0.25, 0.3) is 0 Å². The maximum Gasteiger partial charge on any atom is 0.292 e. The van der Waals surface area contributed by atoms with Crippen LogP contribution in [0, 0.1) is 10.1 Å². The van der Waals surface area contributed by atoms with Gasteiger partial charge in [-0.05, 0) is 11.6 Å². The highest BCUT2D eigenvalue weighted by atomic mass is 16.6. The Hall–Kier alpha value is -1.62. The van der Waals surface area contributed by atoms with Crippen molar-refractivity contribution < 1.29 is 9.66 Å². The lowest BCUT2D eigenvalue weighted by atomic mass is 9.85. The van der Waals surface area contributed by atoms with Crippen LogP contribution in [-0.2, 0) is 10.2 Å². The summed E-state index contributed by atoms with van der Waals surface area (Å²) in [4.78, 5) is 10.3. The van der Waals surface area contributed by atoms with E-state index >= 15 is 0 Å². The van der Waals surface area contributed by atoms with E-state index in [-0.39, 0.29) is 16.8 Å². The first-order valence-electron chi connectivity index (χ1n) is 4.92. The maximum absolute atomic E-state index is 10.8. The third-order valence-corrected chi connectivity index (χ3v) is 2.51. The molecule has 0 atom stereocenters. The molecule has 0 aliphatic rings. The summed E-state index contributed by atoms with van der Waals surface area (Å²) in [6, 6.07) is 4.86. The number of nitrogens with zero attached hydrogens (tertiary/aromatic N) is 1. The number of nitro groups is 1. The van der Waals surface area contributed by atoms with Crippen molar-refractivity contribution in [2.24, 2.45) is 0 Å². The number of benzene rings is 1. The Labute approximate surface area is 94.4 Å². The summed E-state index contributed by atoms with van der Waals surface area (Å²) in [6.45, 7) is 4.42. The lowest BCUT2D eigenvalue weighted by Crippen LogP contribution is -2.23. The van der Waals surface area contributed by atoms with Gasteiger partial charge in [-0.3, -0.25) is 10.1 Å². The van der Waals surface area contributed by atoms with Crippen LogP contribution >= 0.6 is 0 Å². The van der Waals surface area contributed by atoms with Crippen molar-refractivity contribution in [3.8, 4) is 0 Å². The topological polar surface area (TPSA) is 78.4 Å². The number of rotatable bonds is 4. The molecule has 0 aliphatic heterocycles. The van der Waals surface area contributed by atoms with E-state index in [1.807, 2.05) is 13.8 Å². The molecular weight excluding hydrogens is 208 g/mol. The van der Waals surface area contributed by atoms with Gasteiger partial charge in [-0.25, -0.2) is 0 Å². The zero-order valence-corrected chi connectivity index (χ0v) is 9.69. The fraction of sp³-hybridized carbons (Fsp3) is 0.455. The van der Waals surface area contributed by atoms with Crippen LogP contribution in [0.1, 0.15) is 19.4 Å². The normalized spacial score (nSPS) is 11.4. The molecule has 0 radical (unpaired) electrons. The first-order valence-corrected chi connectivity index (χ1v) is 4.92. The largest absolute Gasteiger partial charge is 0.393 e. The van der Waals surface area contributed by atoms with Crippen molar-refractivity contribution in [3.63, 3.8) is 0 Å². The third kappa shape index (κ3) is 2.49. The number of methoxy groups -OCH3 is 1. The molecule has 0 aromatic heterocycles. The average molecular weight is 224 g/mol. The van der Waals surface area contributed by atoms with Gasteiger partial charge in [0.1, 0.15) is 5.69 Å². The molecule has 1 aromatic carbocycles. The van der Waals surface area contributed by atoms with Gasteiger partial charge in [0.2, 0.25) is 0 Å². The van der Waals surface area contributed by atoms with Crippen LogP contribution in [0.3, 0.4) is 0 Å². The van der Waals surface area contributed by atoms with Crippen molar-refractivity contribution in [2.75, 3.05) is 19.5 Å². The van der Waals surface area contributed by atoms with Gasteiger partial charge in [0.15, 0.2) is 0 Å². The maximum atomic E-state index is 10.8. The number of hydrogen-bond acceptors (Lipinski definition) is 4. The smallest absolute Gasteiger partial charge is 0.292 e. The Balaban J connectivity index is 3.17. The van der Waals surface area contributed by atoms with E-state index in [9.17, 15) is 10.1 Å². The summed E-state index contributed by atoms with van der Waals surface area (Å²) < 4.78 is 5.09. The van der Waals surface area contributed by atoms with Crippen molar-refractivity contribution in [1.82, 2.24) is 0 Å². The average Bonchev–Trinajstić information content (AvgIpc) is 2.17.